The molecular weight excluding hydrogens is 244 g/mol. The first-order valence-corrected chi connectivity index (χ1v) is 7.00. The van der Waals surface area contributed by atoms with Gasteiger partial charge in [0.15, 0.2) is 0 Å². The van der Waals surface area contributed by atoms with Crippen LogP contribution in [0.1, 0.15) is 38.5 Å². The van der Waals surface area contributed by atoms with Gasteiger partial charge in [-0.25, -0.2) is 0 Å². The molecule has 0 aromatic heterocycles. The van der Waals surface area contributed by atoms with Gasteiger partial charge in [-0.2, -0.15) is 0 Å². The molecule has 0 aromatic rings. The predicted octanol–water partition coefficient (Wildman–Crippen LogP) is -0.553. The second kappa shape index (κ2) is 6.86. The zero-order chi connectivity index (χ0) is 14.5. The number of hydrogen-bond acceptors (Lipinski definition) is 4. The first-order valence-electron chi connectivity index (χ1n) is 7.00. The lowest BCUT2D eigenvalue weighted by atomic mass is 9.57. The third kappa shape index (κ3) is 3.06. The van der Waals surface area contributed by atoms with E-state index in [9.17, 15) is 9.59 Å². The van der Waals surface area contributed by atoms with Crippen LogP contribution in [0.2, 0.25) is 0 Å². The summed E-state index contributed by atoms with van der Waals surface area (Å²) < 4.78 is 0. The number of rotatable bonds is 7. The first kappa shape index (κ1) is 15.9. The van der Waals surface area contributed by atoms with Crippen molar-refractivity contribution in [3.8, 4) is 0 Å². The Morgan fingerprint density at radius 3 is 2.11 bits per heavy atom. The summed E-state index contributed by atoms with van der Waals surface area (Å²) in [5.41, 5.74) is 21.6. The molecule has 2 atom stereocenters. The lowest BCUT2D eigenvalue weighted by Crippen LogP contribution is -2.55. The Morgan fingerprint density at radius 2 is 1.68 bits per heavy atom. The van der Waals surface area contributed by atoms with Crippen molar-refractivity contribution in [3.05, 3.63) is 0 Å². The van der Waals surface area contributed by atoms with Crippen molar-refractivity contribution < 1.29 is 9.59 Å². The Morgan fingerprint density at radius 1 is 1.11 bits per heavy atom. The van der Waals surface area contributed by atoms with Gasteiger partial charge in [-0.15, -0.1) is 0 Å². The maximum absolute atomic E-state index is 12.1. The van der Waals surface area contributed by atoms with Crippen molar-refractivity contribution >= 4 is 11.8 Å². The van der Waals surface area contributed by atoms with Gasteiger partial charge in [-0.3, -0.25) is 9.59 Å². The molecule has 2 unspecified atom stereocenters. The Balaban J connectivity index is 3.16. The lowest BCUT2D eigenvalue weighted by Gasteiger charge is -2.45. The molecule has 0 heterocycles. The summed E-state index contributed by atoms with van der Waals surface area (Å²) in [7, 11) is 0. The Bertz CT molecular complexity index is 329. The highest BCUT2D eigenvalue weighted by Gasteiger charge is 2.52. The molecular formula is C13H26N4O2. The monoisotopic (exact) mass is 270 g/mol. The number of carbonyl (C=O) groups excluding carboxylic acids is 2. The predicted molar refractivity (Wildman–Crippen MR) is 73.6 cm³/mol. The summed E-state index contributed by atoms with van der Waals surface area (Å²) in [4.78, 5) is 23.9. The van der Waals surface area contributed by atoms with Crippen LogP contribution in [0.4, 0.5) is 0 Å². The number of primary amides is 2. The van der Waals surface area contributed by atoms with Gasteiger partial charge in [0.05, 0.1) is 11.3 Å². The third-order valence-corrected chi connectivity index (χ3v) is 4.52. The summed E-state index contributed by atoms with van der Waals surface area (Å²) in [6, 6.07) is 0. The number of hydrogen-bond donors (Lipinski definition) is 4. The van der Waals surface area contributed by atoms with Crippen molar-refractivity contribution in [2.75, 3.05) is 13.1 Å². The zero-order valence-electron chi connectivity index (χ0n) is 11.4. The summed E-state index contributed by atoms with van der Waals surface area (Å²) >= 11 is 0. The topological polar surface area (TPSA) is 138 Å². The van der Waals surface area contributed by atoms with Crippen LogP contribution < -0.4 is 22.9 Å². The number of amides is 2. The average molecular weight is 270 g/mol. The van der Waals surface area contributed by atoms with Crippen molar-refractivity contribution in [2.45, 2.75) is 38.5 Å². The van der Waals surface area contributed by atoms with Gasteiger partial charge in [-0.05, 0) is 44.7 Å². The molecule has 0 radical (unpaired) electrons. The Kier molecular flexibility index (Phi) is 5.75. The molecule has 2 amide bonds. The first-order chi connectivity index (χ1) is 9.00. The molecule has 1 aliphatic rings. The smallest absolute Gasteiger partial charge is 0.224 e. The van der Waals surface area contributed by atoms with E-state index in [1.54, 1.807) is 0 Å². The van der Waals surface area contributed by atoms with Crippen molar-refractivity contribution in [1.29, 1.82) is 0 Å². The average Bonchev–Trinajstić information content (AvgIpc) is 2.38. The van der Waals surface area contributed by atoms with E-state index in [1.165, 1.54) is 0 Å². The summed E-state index contributed by atoms with van der Waals surface area (Å²) in [5.74, 6) is -1.40. The van der Waals surface area contributed by atoms with E-state index in [1.807, 2.05) is 0 Å². The van der Waals surface area contributed by atoms with Crippen LogP contribution in [0.3, 0.4) is 0 Å². The Labute approximate surface area is 114 Å². The van der Waals surface area contributed by atoms with Gasteiger partial charge < -0.3 is 22.9 Å². The minimum atomic E-state index is -0.858. The van der Waals surface area contributed by atoms with Crippen LogP contribution in [0, 0.1) is 17.3 Å². The van der Waals surface area contributed by atoms with Crippen LogP contribution in [-0.2, 0) is 9.59 Å². The number of nitrogens with two attached hydrogens (primary N) is 4. The lowest BCUT2D eigenvalue weighted by molar-refractivity contribution is -0.147. The van der Waals surface area contributed by atoms with Gasteiger partial charge in [-0.1, -0.05) is 12.8 Å². The molecule has 19 heavy (non-hydrogen) atoms. The van der Waals surface area contributed by atoms with Gasteiger partial charge in [0.2, 0.25) is 11.8 Å². The molecule has 1 saturated carbocycles. The summed E-state index contributed by atoms with van der Waals surface area (Å²) in [5, 5.41) is 0. The molecule has 0 aliphatic heterocycles. The molecule has 0 aromatic carbocycles. The molecule has 0 saturated heterocycles. The molecule has 0 spiro atoms. The molecule has 110 valence electrons. The fourth-order valence-electron chi connectivity index (χ4n) is 3.64. The van der Waals surface area contributed by atoms with Crippen LogP contribution in [0.5, 0.6) is 0 Å². The highest BCUT2D eigenvalue weighted by molar-refractivity contribution is 5.89. The van der Waals surface area contributed by atoms with Gasteiger partial charge >= 0.3 is 0 Å². The van der Waals surface area contributed by atoms with E-state index in [0.717, 1.165) is 12.8 Å². The third-order valence-electron chi connectivity index (χ3n) is 4.52. The SMILES string of the molecule is NCCC(CCN)C1(C(N)=O)CCCCC1C(N)=O. The van der Waals surface area contributed by atoms with Crippen molar-refractivity contribution in [3.63, 3.8) is 0 Å². The summed E-state index contributed by atoms with van der Waals surface area (Å²) in [6.45, 7) is 0.899. The maximum atomic E-state index is 12.1. The van der Waals surface area contributed by atoms with Gasteiger partial charge in [0.25, 0.3) is 0 Å². The quantitative estimate of drug-likeness (QED) is 0.493. The molecule has 8 N–H and O–H groups in total. The highest BCUT2D eigenvalue weighted by atomic mass is 16.2. The highest BCUT2D eigenvalue weighted by Crippen LogP contribution is 2.48. The van der Waals surface area contributed by atoms with E-state index in [-0.39, 0.29) is 5.92 Å². The minimum Gasteiger partial charge on any atom is -0.369 e. The zero-order valence-corrected chi connectivity index (χ0v) is 11.4. The van der Waals surface area contributed by atoms with Gasteiger partial charge in [0, 0.05) is 0 Å². The summed E-state index contributed by atoms with van der Waals surface area (Å²) in [6.07, 6.45) is 4.32. The van der Waals surface area contributed by atoms with E-state index in [0.29, 0.717) is 38.8 Å². The van der Waals surface area contributed by atoms with E-state index in [2.05, 4.69) is 0 Å². The second-order valence-corrected chi connectivity index (χ2v) is 5.46. The molecule has 1 fully saturated rings. The van der Waals surface area contributed by atoms with E-state index >= 15 is 0 Å². The van der Waals surface area contributed by atoms with E-state index < -0.39 is 23.1 Å². The Hall–Kier alpha value is -1.14. The molecule has 0 bridgehead atoms. The molecule has 1 aliphatic carbocycles. The number of carbonyl (C=O) groups is 2. The van der Waals surface area contributed by atoms with Crippen LogP contribution in [-0.4, -0.2) is 24.9 Å². The van der Waals surface area contributed by atoms with Crippen LogP contribution in [0.25, 0.3) is 0 Å². The van der Waals surface area contributed by atoms with Gasteiger partial charge in [0.1, 0.15) is 0 Å². The fraction of sp³-hybridized carbons (Fsp3) is 0.846. The second-order valence-electron chi connectivity index (χ2n) is 5.46. The van der Waals surface area contributed by atoms with E-state index in [4.69, 9.17) is 22.9 Å². The fourth-order valence-corrected chi connectivity index (χ4v) is 3.64. The molecule has 6 heteroatoms. The maximum Gasteiger partial charge on any atom is 0.224 e. The van der Waals surface area contributed by atoms with Crippen LogP contribution >= 0.6 is 0 Å². The standard InChI is InChI=1S/C13H26N4O2/c14-7-4-9(5-8-15)13(12(17)19)6-2-1-3-10(13)11(16)18/h9-10H,1-8,14-15H2,(H2,16,18)(H2,17,19). The minimum absolute atomic E-state index is 0.0576. The largest absolute Gasteiger partial charge is 0.369 e. The van der Waals surface area contributed by atoms with Crippen LogP contribution in [0.15, 0.2) is 0 Å². The normalized spacial score (nSPS) is 27.4. The van der Waals surface area contributed by atoms with Crippen molar-refractivity contribution in [1.82, 2.24) is 0 Å². The van der Waals surface area contributed by atoms with Crippen molar-refractivity contribution in [2.24, 2.45) is 40.2 Å². The molecule has 1 rings (SSSR count). The molecule has 6 nitrogen and oxygen atoms in total.